The van der Waals surface area contributed by atoms with E-state index in [-0.39, 0.29) is 11.7 Å². The molecule has 3 rings (SSSR count). The van der Waals surface area contributed by atoms with Crippen LogP contribution in [-0.4, -0.2) is 17.9 Å². The lowest BCUT2D eigenvalue weighted by Crippen LogP contribution is -2.46. The number of amides is 1. The zero-order chi connectivity index (χ0) is 19.2. The van der Waals surface area contributed by atoms with Crippen molar-refractivity contribution in [1.82, 2.24) is 5.32 Å². The van der Waals surface area contributed by atoms with Gasteiger partial charge in [-0.2, -0.15) is 0 Å². The molecule has 1 atom stereocenters. The van der Waals surface area contributed by atoms with E-state index < -0.39 is 6.17 Å². The standard InChI is InChI=1S/C22H19BrN2O2/c1-15-6-5-9-19(14-15)24-21(20(26)16-7-3-2-4-8-16)25-22(27)17-10-12-18(23)13-11-17/h2-14,21,24H,1H3,(H,25,27)/t21-/m1/s1. The Labute approximate surface area is 166 Å². The van der Waals surface area contributed by atoms with Crippen LogP contribution in [0.25, 0.3) is 0 Å². The number of hydrogen-bond acceptors (Lipinski definition) is 3. The summed E-state index contributed by atoms with van der Waals surface area (Å²) in [5, 5.41) is 5.94. The summed E-state index contributed by atoms with van der Waals surface area (Å²) < 4.78 is 0.883. The number of rotatable bonds is 6. The van der Waals surface area contributed by atoms with Crippen LogP contribution >= 0.6 is 15.9 Å². The van der Waals surface area contributed by atoms with E-state index in [2.05, 4.69) is 26.6 Å². The molecule has 0 spiro atoms. The number of Topliss-reactive ketones (excluding diaryl/α,β-unsaturated/α-hetero) is 1. The van der Waals surface area contributed by atoms with E-state index in [1.807, 2.05) is 37.3 Å². The van der Waals surface area contributed by atoms with Crippen LogP contribution in [0.2, 0.25) is 0 Å². The average molecular weight is 423 g/mol. The highest BCUT2D eigenvalue weighted by molar-refractivity contribution is 9.10. The van der Waals surface area contributed by atoms with Gasteiger partial charge in [0.1, 0.15) is 0 Å². The fourth-order valence-corrected chi connectivity index (χ4v) is 2.92. The number of benzene rings is 3. The van der Waals surface area contributed by atoms with E-state index in [0.29, 0.717) is 11.1 Å². The van der Waals surface area contributed by atoms with Crippen molar-refractivity contribution in [3.05, 3.63) is 100 Å². The second-order valence-corrected chi connectivity index (χ2v) is 7.07. The van der Waals surface area contributed by atoms with Crippen molar-refractivity contribution in [1.29, 1.82) is 0 Å². The van der Waals surface area contributed by atoms with E-state index in [1.165, 1.54) is 0 Å². The summed E-state index contributed by atoms with van der Waals surface area (Å²) in [5.74, 6) is -0.528. The summed E-state index contributed by atoms with van der Waals surface area (Å²) in [7, 11) is 0. The minimum atomic E-state index is -0.884. The highest BCUT2D eigenvalue weighted by atomic mass is 79.9. The number of aryl methyl sites for hydroxylation is 1. The van der Waals surface area contributed by atoms with Crippen LogP contribution in [0.4, 0.5) is 5.69 Å². The topological polar surface area (TPSA) is 58.2 Å². The molecule has 0 saturated carbocycles. The molecular formula is C22H19BrN2O2. The third-order valence-corrected chi connectivity index (χ3v) is 4.56. The summed E-state index contributed by atoms with van der Waals surface area (Å²) in [6, 6.07) is 23.6. The molecule has 3 aromatic carbocycles. The molecular weight excluding hydrogens is 404 g/mol. The van der Waals surface area contributed by atoms with Gasteiger partial charge in [0.05, 0.1) is 0 Å². The third kappa shape index (κ3) is 5.05. The molecule has 0 saturated heterocycles. The summed E-state index contributed by atoms with van der Waals surface area (Å²) in [5.41, 5.74) is 2.83. The van der Waals surface area contributed by atoms with E-state index in [9.17, 15) is 9.59 Å². The lowest BCUT2D eigenvalue weighted by molar-refractivity contribution is 0.0869. The van der Waals surface area contributed by atoms with Crippen LogP contribution in [0, 0.1) is 6.92 Å². The average Bonchev–Trinajstić information content (AvgIpc) is 2.68. The Morgan fingerprint density at radius 3 is 2.22 bits per heavy atom. The minimum absolute atomic E-state index is 0.206. The van der Waals surface area contributed by atoms with Crippen molar-refractivity contribution < 1.29 is 9.59 Å². The molecule has 0 aliphatic rings. The van der Waals surface area contributed by atoms with Gasteiger partial charge in [0, 0.05) is 21.3 Å². The summed E-state index contributed by atoms with van der Waals surface area (Å²) in [6.07, 6.45) is -0.884. The molecule has 0 aromatic heterocycles. The molecule has 0 heterocycles. The number of hydrogen-bond donors (Lipinski definition) is 2. The fourth-order valence-electron chi connectivity index (χ4n) is 2.65. The third-order valence-electron chi connectivity index (χ3n) is 4.03. The van der Waals surface area contributed by atoms with Crippen LogP contribution < -0.4 is 10.6 Å². The van der Waals surface area contributed by atoms with E-state index >= 15 is 0 Å². The summed E-state index contributed by atoms with van der Waals surface area (Å²) in [6.45, 7) is 1.97. The van der Waals surface area contributed by atoms with Crippen molar-refractivity contribution in [2.45, 2.75) is 13.1 Å². The Balaban J connectivity index is 1.85. The molecule has 4 nitrogen and oxygen atoms in total. The number of carbonyl (C=O) groups excluding carboxylic acids is 2. The Morgan fingerprint density at radius 2 is 1.56 bits per heavy atom. The summed E-state index contributed by atoms with van der Waals surface area (Å²) in [4.78, 5) is 25.6. The van der Waals surface area contributed by atoms with Gasteiger partial charge in [-0.15, -0.1) is 0 Å². The number of anilines is 1. The lowest BCUT2D eigenvalue weighted by atomic mass is 10.1. The van der Waals surface area contributed by atoms with Crippen LogP contribution in [0.1, 0.15) is 26.3 Å². The Hall–Kier alpha value is -2.92. The van der Waals surface area contributed by atoms with E-state index in [0.717, 1.165) is 15.7 Å². The van der Waals surface area contributed by atoms with Gasteiger partial charge in [-0.25, -0.2) is 0 Å². The predicted octanol–water partition coefficient (Wildman–Crippen LogP) is 4.81. The minimum Gasteiger partial charge on any atom is -0.359 e. The van der Waals surface area contributed by atoms with Crippen LogP contribution in [-0.2, 0) is 0 Å². The molecule has 5 heteroatoms. The first-order chi connectivity index (χ1) is 13.0. The molecule has 136 valence electrons. The SMILES string of the molecule is Cc1cccc(N[C@H](NC(=O)c2ccc(Br)cc2)C(=O)c2ccccc2)c1. The fraction of sp³-hybridized carbons (Fsp3) is 0.0909. The molecule has 3 aromatic rings. The van der Waals surface area contributed by atoms with Crippen molar-refractivity contribution in [2.75, 3.05) is 5.32 Å². The predicted molar refractivity (Wildman–Crippen MR) is 111 cm³/mol. The quantitative estimate of drug-likeness (QED) is 0.442. The first kappa shape index (κ1) is 18.9. The van der Waals surface area contributed by atoms with Gasteiger partial charge in [-0.1, -0.05) is 58.4 Å². The molecule has 0 aliphatic carbocycles. The molecule has 0 bridgehead atoms. The molecule has 27 heavy (non-hydrogen) atoms. The van der Waals surface area contributed by atoms with Gasteiger partial charge in [-0.05, 0) is 48.9 Å². The maximum absolute atomic E-state index is 13.0. The first-order valence-electron chi connectivity index (χ1n) is 8.52. The molecule has 2 N–H and O–H groups in total. The summed E-state index contributed by atoms with van der Waals surface area (Å²) >= 11 is 3.35. The van der Waals surface area contributed by atoms with Gasteiger partial charge < -0.3 is 10.6 Å². The van der Waals surface area contributed by atoms with Gasteiger partial charge >= 0.3 is 0 Å². The van der Waals surface area contributed by atoms with Crippen LogP contribution in [0.5, 0.6) is 0 Å². The molecule has 0 radical (unpaired) electrons. The number of ketones is 1. The van der Waals surface area contributed by atoms with E-state index in [4.69, 9.17) is 0 Å². The molecule has 0 fully saturated rings. The first-order valence-corrected chi connectivity index (χ1v) is 9.31. The van der Waals surface area contributed by atoms with Crippen molar-refractivity contribution in [3.8, 4) is 0 Å². The Bertz CT molecular complexity index is 940. The molecule has 1 amide bonds. The van der Waals surface area contributed by atoms with Crippen LogP contribution in [0.15, 0.2) is 83.3 Å². The van der Waals surface area contributed by atoms with Gasteiger partial charge in [-0.3, -0.25) is 9.59 Å². The van der Waals surface area contributed by atoms with E-state index in [1.54, 1.807) is 48.5 Å². The maximum atomic E-state index is 13.0. The monoisotopic (exact) mass is 422 g/mol. The Morgan fingerprint density at radius 1 is 0.852 bits per heavy atom. The van der Waals surface area contributed by atoms with Crippen molar-refractivity contribution >= 4 is 33.3 Å². The number of carbonyl (C=O) groups is 2. The largest absolute Gasteiger partial charge is 0.359 e. The number of halogens is 1. The highest BCUT2D eigenvalue weighted by Crippen LogP contribution is 2.14. The zero-order valence-electron chi connectivity index (χ0n) is 14.8. The van der Waals surface area contributed by atoms with Crippen molar-refractivity contribution in [3.63, 3.8) is 0 Å². The molecule has 0 unspecified atom stereocenters. The van der Waals surface area contributed by atoms with Crippen molar-refractivity contribution in [2.24, 2.45) is 0 Å². The second kappa shape index (κ2) is 8.64. The smallest absolute Gasteiger partial charge is 0.253 e. The molecule has 0 aliphatic heterocycles. The van der Waals surface area contributed by atoms with Gasteiger partial charge in [0.15, 0.2) is 6.17 Å². The van der Waals surface area contributed by atoms with Crippen LogP contribution in [0.3, 0.4) is 0 Å². The highest BCUT2D eigenvalue weighted by Gasteiger charge is 2.22. The number of nitrogens with one attached hydrogen (secondary N) is 2. The normalized spacial score (nSPS) is 11.5. The maximum Gasteiger partial charge on any atom is 0.253 e. The van der Waals surface area contributed by atoms with Gasteiger partial charge in [0.2, 0.25) is 5.78 Å². The lowest BCUT2D eigenvalue weighted by Gasteiger charge is -2.21. The second-order valence-electron chi connectivity index (χ2n) is 6.16. The van der Waals surface area contributed by atoms with Gasteiger partial charge in [0.25, 0.3) is 5.91 Å². The zero-order valence-corrected chi connectivity index (χ0v) is 16.4. The Kier molecular flexibility index (Phi) is 6.04.